The highest BCUT2D eigenvalue weighted by Gasteiger charge is 2.33. The van der Waals surface area contributed by atoms with Gasteiger partial charge in [-0.1, -0.05) is 37.6 Å². The molecule has 1 aromatic rings. The molecule has 0 aliphatic carbocycles. The van der Waals surface area contributed by atoms with Crippen molar-refractivity contribution in [3.05, 3.63) is 42.0 Å². The van der Waals surface area contributed by atoms with Gasteiger partial charge in [0.05, 0.1) is 0 Å². The summed E-state index contributed by atoms with van der Waals surface area (Å²) in [5, 5.41) is 15.8. The summed E-state index contributed by atoms with van der Waals surface area (Å²) in [7, 11) is 0. The summed E-state index contributed by atoms with van der Waals surface area (Å²) in [6.07, 6.45) is 2.44. The van der Waals surface area contributed by atoms with Gasteiger partial charge in [-0.05, 0) is 39.7 Å². The molecule has 1 unspecified atom stereocenters. The first-order chi connectivity index (χ1) is 14.5. The fourth-order valence-corrected chi connectivity index (χ4v) is 2.89. The third-order valence-corrected chi connectivity index (χ3v) is 4.38. The van der Waals surface area contributed by atoms with E-state index in [4.69, 9.17) is 4.74 Å². The minimum atomic E-state index is -1.08. The third kappa shape index (κ3) is 8.32. The van der Waals surface area contributed by atoms with Crippen LogP contribution >= 0.6 is 0 Å². The van der Waals surface area contributed by atoms with Crippen LogP contribution in [0.2, 0.25) is 0 Å². The smallest absolute Gasteiger partial charge is 0.408 e. The molecule has 1 rings (SSSR count). The van der Waals surface area contributed by atoms with Gasteiger partial charge in [0.15, 0.2) is 0 Å². The van der Waals surface area contributed by atoms with Crippen LogP contribution in [0.25, 0.3) is 0 Å². The summed E-state index contributed by atoms with van der Waals surface area (Å²) in [6.45, 7) is 12.7. The number of phenolic OH excluding ortho intramolecular Hbond substituents is 1. The quantitative estimate of drug-likeness (QED) is 0.388. The van der Waals surface area contributed by atoms with Crippen molar-refractivity contribution in [2.24, 2.45) is 0 Å². The Morgan fingerprint density at radius 3 is 2.52 bits per heavy atom. The van der Waals surface area contributed by atoms with E-state index in [1.807, 2.05) is 6.92 Å². The molecule has 0 spiro atoms. The molecule has 8 heteroatoms. The second-order valence-corrected chi connectivity index (χ2v) is 8.25. The van der Waals surface area contributed by atoms with Crippen molar-refractivity contribution in [2.75, 3.05) is 19.6 Å². The monoisotopic (exact) mass is 433 g/mol. The molecule has 1 aromatic carbocycles. The van der Waals surface area contributed by atoms with Gasteiger partial charge in [0.25, 0.3) is 0 Å². The maximum Gasteiger partial charge on any atom is 0.408 e. The number of nitrogens with zero attached hydrogens (tertiary/aromatic N) is 1. The first-order valence-corrected chi connectivity index (χ1v) is 10.4. The van der Waals surface area contributed by atoms with Crippen LogP contribution < -0.4 is 10.6 Å². The standard InChI is InChI=1S/C23H35N3O5/c1-7-9-13-24-21(29)19(17-12-10-11-16(3)20(17)28)26(14-8-2)18(27)15-25-22(30)31-23(4,5)6/h8,10-12,19,28H,2,7,9,13-15H2,1,3-6H3,(H,24,29)(H,25,30). The Hall–Kier alpha value is -3.03. The normalized spacial score (nSPS) is 11.9. The van der Waals surface area contributed by atoms with Crippen LogP contribution in [0.3, 0.4) is 0 Å². The number of nitrogens with one attached hydrogen (secondary N) is 2. The number of phenols is 1. The van der Waals surface area contributed by atoms with E-state index in [9.17, 15) is 19.5 Å². The highest BCUT2D eigenvalue weighted by atomic mass is 16.6. The van der Waals surface area contributed by atoms with Crippen LogP contribution in [-0.4, -0.2) is 53.1 Å². The number of aromatic hydroxyl groups is 1. The van der Waals surface area contributed by atoms with E-state index >= 15 is 0 Å². The highest BCUT2D eigenvalue weighted by Crippen LogP contribution is 2.31. The van der Waals surface area contributed by atoms with Crippen LogP contribution in [0.15, 0.2) is 30.9 Å². The molecular weight excluding hydrogens is 398 g/mol. The molecule has 0 fully saturated rings. The zero-order valence-electron chi connectivity index (χ0n) is 19.2. The van der Waals surface area contributed by atoms with Gasteiger partial charge in [0, 0.05) is 18.7 Å². The SMILES string of the molecule is C=CCN(C(=O)CNC(=O)OC(C)(C)C)C(C(=O)NCCCC)c1cccc(C)c1O. The lowest BCUT2D eigenvalue weighted by Gasteiger charge is -2.31. The van der Waals surface area contributed by atoms with Crippen LogP contribution in [0.5, 0.6) is 5.75 Å². The first kappa shape index (κ1) is 26.0. The predicted molar refractivity (Wildman–Crippen MR) is 120 cm³/mol. The fourth-order valence-electron chi connectivity index (χ4n) is 2.89. The van der Waals surface area contributed by atoms with E-state index in [1.54, 1.807) is 45.9 Å². The van der Waals surface area contributed by atoms with E-state index in [0.717, 1.165) is 12.8 Å². The summed E-state index contributed by atoms with van der Waals surface area (Å²) in [5.74, 6) is -0.982. The minimum absolute atomic E-state index is 0.0497. The Bertz CT molecular complexity index is 786. The molecule has 172 valence electrons. The molecular formula is C23H35N3O5. The number of carbonyl (C=O) groups is 3. The van der Waals surface area contributed by atoms with Crippen LogP contribution in [0.4, 0.5) is 4.79 Å². The van der Waals surface area contributed by atoms with Crippen molar-refractivity contribution in [3.63, 3.8) is 0 Å². The van der Waals surface area contributed by atoms with Gasteiger partial charge in [-0.15, -0.1) is 6.58 Å². The molecule has 1 atom stereocenters. The van der Waals surface area contributed by atoms with Crippen molar-refractivity contribution in [2.45, 2.75) is 59.1 Å². The fraction of sp³-hybridized carbons (Fsp3) is 0.522. The summed E-state index contributed by atoms with van der Waals surface area (Å²) in [5.41, 5.74) is 0.186. The van der Waals surface area contributed by atoms with Crippen molar-refractivity contribution >= 4 is 17.9 Å². The van der Waals surface area contributed by atoms with Gasteiger partial charge in [-0.2, -0.15) is 0 Å². The molecule has 0 radical (unpaired) electrons. The van der Waals surface area contributed by atoms with Gasteiger partial charge < -0.3 is 25.4 Å². The van der Waals surface area contributed by atoms with Crippen LogP contribution in [0.1, 0.15) is 57.7 Å². The maximum absolute atomic E-state index is 13.1. The van der Waals surface area contributed by atoms with Crippen molar-refractivity contribution in [1.82, 2.24) is 15.5 Å². The maximum atomic E-state index is 13.1. The number of alkyl carbamates (subject to hydrolysis) is 1. The minimum Gasteiger partial charge on any atom is -0.507 e. The molecule has 0 bridgehead atoms. The number of carbonyl (C=O) groups excluding carboxylic acids is 3. The molecule has 3 amide bonds. The first-order valence-electron chi connectivity index (χ1n) is 10.4. The largest absolute Gasteiger partial charge is 0.507 e. The van der Waals surface area contributed by atoms with Crippen molar-refractivity contribution in [3.8, 4) is 5.75 Å². The number of para-hydroxylation sites is 1. The third-order valence-electron chi connectivity index (χ3n) is 4.38. The average Bonchev–Trinajstić information content (AvgIpc) is 2.67. The number of hydrogen-bond donors (Lipinski definition) is 3. The molecule has 0 saturated heterocycles. The van der Waals surface area contributed by atoms with Gasteiger partial charge in [0.2, 0.25) is 11.8 Å². The van der Waals surface area contributed by atoms with Crippen LogP contribution in [-0.2, 0) is 14.3 Å². The molecule has 0 saturated carbocycles. The van der Waals surface area contributed by atoms with Gasteiger partial charge >= 0.3 is 6.09 Å². The summed E-state index contributed by atoms with van der Waals surface area (Å²) in [4.78, 5) is 39.3. The second-order valence-electron chi connectivity index (χ2n) is 8.25. The molecule has 3 N–H and O–H groups in total. The molecule has 0 aliphatic heterocycles. The lowest BCUT2D eigenvalue weighted by atomic mass is 10.00. The number of amides is 3. The van der Waals surface area contributed by atoms with Crippen molar-refractivity contribution in [1.29, 1.82) is 0 Å². The van der Waals surface area contributed by atoms with E-state index in [0.29, 0.717) is 17.7 Å². The highest BCUT2D eigenvalue weighted by molar-refractivity contribution is 5.91. The molecule has 8 nitrogen and oxygen atoms in total. The second kappa shape index (κ2) is 12.0. The zero-order chi connectivity index (χ0) is 23.6. The number of aryl methyl sites for hydroxylation is 1. The van der Waals surface area contributed by atoms with E-state index in [1.165, 1.54) is 11.0 Å². The van der Waals surface area contributed by atoms with Crippen molar-refractivity contribution < 1.29 is 24.2 Å². The van der Waals surface area contributed by atoms with E-state index in [2.05, 4.69) is 17.2 Å². The van der Waals surface area contributed by atoms with Gasteiger partial charge in [-0.25, -0.2) is 4.79 Å². The summed E-state index contributed by atoms with van der Waals surface area (Å²) in [6, 6.07) is 3.96. The molecule has 31 heavy (non-hydrogen) atoms. The summed E-state index contributed by atoms with van der Waals surface area (Å²) >= 11 is 0. The zero-order valence-corrected chi connectivity index (χ0v) is 19.2. The summed E-state index contributed by atoms with van der Waals surface area (Å²) < 4.78 is 5.16. The van der Waals surface area contributed by atoms with Crippen LogP contribution in [0, 0.1) is 6.92 Å². The number of ether oxygens (including phenoxy) is 1. The number of hydrogen-bond acceptors (Lipinski definition) is 5. The van der Waals surface area contributed by atoms with E-state index in [-0.39, 0.29) is 18.8 Å². The number of benzene rings is 1. The Kier molecular flexibility index (Phi) is 10.0. The molecule has 0 heterocycles. The Labute approximate surface area is 184 Å². The number of rotatable bonds is 10. The number of unbranched alkanes of at least 4 members (excludes halogenated alkanes) is 1. The predicted octanol–water partition coefficient (Wildman–Crippen LogP) is 3.20. The van der Waals surface area contributed by atoms with E-state index < -0.39 is 29.6 Å². The lowest BCUT2D eigenvalue weighted by Crippen LogP contribution is -2.48. The van der Waals surface area contributed by atoms with Gasteiger partial charge in [0.1, 0.15) is 23.9 Å². The Morgan fingerprint density at radius 2 is 1.94 bits per heavy atom. The Morgan fingerprint density at radius 1 is 1.26 bits per heavy atom. The van der Waals surface area contributed by atoms with Gasteiger partial charge in [-0.3, -0.25) is 9.59 Å². The topological polar surface area (TPSA) is 108 Å². The average molecular weight is 434 g/mol. The molecule has 0 aromatic heterocycles. The lowest BCUT2D eigenvalue weighted by molar-refractivity contribution is -0.139. The molecule has 0 aliphatic rings. The Balaban J connectivity index is 3.18.